The Kier molecular flexibility index (Phi) is 3.82. The van der Waals surface area contributed by atoms with E-state index in [0.717, 1.165) is 28.3 Å². The van der Waals surface area contributed by atoms with E-state index in [-0.39, 0.29) is 11.2 Å². The summed E-state index contributed by atoms with van der Waals surface area (Å²) in [6.45, 7) is 1.99. The number of hydrogen-bond acceptors (Lipinski definition) is 4. The van der Waals surface area contributed by atoms with Crippen LogP contribution in [-0.2, 0) is 4.79 Å². The molecule has 120 valence electrons. The van der Waals surface area contributed by atoms with Gasteiger partial charge in [0.05, 0.1) is 22.4 Å². The number of anilines is 1. The number of carbonyl (C=O) groups excluding carboxylic acids is 1. The van der Waals surface area contributed by atoms with E-state index < -0.39 is 0 Å². The molecule has 0 aliphatic carbocycles. The van der Waals surface area contributed by atoms with Crippen molar-refractivity contribution in [3.8, 4) is 5.69 Å². The van der Waals surface area contributed by atoms with Gasteiger partial charge in [-0.05, 0) is 36.8 Å². The van der Waals surface area contributed by atoms with Crippen LogP contribution < -0.4 is 5.32 Å². The third kappa shape index (κ3) is 2.59. The van der Waals surface area contributed by atoms with Crippen LogP contribution in [0, 0.1) is 6.92 Å². The monoisotopic (exact) mass is 336 g/mol. The molecule has 4 rings (SSSR count). The van der Waals surface area contributed by atoms with E-state index in [0.29, 0.717) is 5.75 Å². The normalized spacial score (nSPS) is 17.0. The van der Waals surface area contributed by atoms with Crippen LogP contribution >= 0.6 is 11.8 Å². The number of nitrogens with zero attached hydrogens (tertiary/aromatic N) is 3. The fourth-order valence-corrected chi connectivity index (χ4v) is 4.13. The number of benzene rings is 1. The van der Waals surface area contributed by atoms with Crippen molar-refractivity contribution >= 4 is 23.5 Å². The second-order valence-electron chi connectivity index (χ2n) is 5.61. The molecule has 0 saturated carbocycles. The predicted molar refractivity (Wildman–Crippen MR) is 95.5 cm³/mol. The van der Waals surface area contributed by atoms with Gasteiger partial charge in [0.2, 0.25) is 5.91 Å². The molecule has 0 saturated heterocycles. The van der Waals surface area contributed by atoms with Crippen molar-refractivity contribution < 1.29 is 4.79 Å². The molecule has 2 aromatic heterocycles. The van der Waals surface area contributed by atoms with E-state index in [1.54, 1.807) is 24.2 Å². The van der Waals surface area contributed by atoms with E-state index >= 15 is 0 Å². The highest BCUT2D eigenvalue weighted by Gasteiger charge is 2.30. The summed E-state index contributed by atoms with van der Waals surface area (Å²) >= 11 is 1.62. The van der Waals surface area contributed by atoms with Crippen molar-refractivity contribution in [2.75, 3.05) is 11.1 Å². The summed E-state index contributed by atoms with van der Waals surface area (Å²) in [5.74, 6) is 1.17. The number of aryl methyl sites for hydroxylation is 1. The first kappa shape index (κ1) is 15.0. The van der Waals surface area contributed by atoms with Crippen molar-refractivity contribution in [3.05, 3.63) is 71.7 Å². The summed E-state index contributed by atoms with van der Waals surface area (Å²) in [5.41, 5.74) is 4.04. The molecule has 1 amide bonds. The van der Waals surface area contributed by atoms with Gasteiger partial charge in [0.1, 0.15) is 5.82 Å². The first-order valence-corrected chi connectivity index (χ1v) is 8.75. The quantitative estimate of drug-likeness (QED) is 0.780. The molecule has 5 nitrogen and oxygen atoms in total. The Labute approximate surface area is 144 Å². The van der Waals surface area contributed by atoms with Crippen LogP contribution in [0.3, 0.4) is 0 Å². The van der Waals surface area contributed by atoms with Crippen LogP contribution in [0.4, 0.5) is 5.82 Å². The van der Waals surface area contributed by atoms with Gasteiger partial charge in [-0.3, -0.25) is 9.78 Å². The molecular formula is C18H16N4OS. The van der Waals surface area contributed by atoms with Crippen molar-refractivity contribution in [1.82, 2.24) is 14.8 Å². The van der Waals surface area contributed by atoms with Crippen molar-refractivity contribution in [1.29, 1.82) is 0 Å². The fourth-order valence-electron chi connectivity index (χ4n) is 2.94. The Bertz CT molecular complexity index is 877. The number of thioether (sulfide) groups is 1. The van der Waals surface area contributed by atoms with Crippen LogP contribution in [0.15, 0.2) is 54.9 Å². The molecule has 0 bridgehead atoms. The lowest BCUT2D eigenvalue weighted by Gasteiger charge is -2.15. The molecule has 1 atom stereocenters. The van der Waals surface area contributed by atoms with Crippen molar-refractivity contribution in [2.24, 2.45) is 0 Å². The largest absolute Gasteiger partial charge is 0.310 e. The number of aromatic nitrogens is 3. The third-order valence-corrected chi connectivity index (χ3v) is 5.29. The molecule has 1 aromatic carbocycles. The molecule has 0 spiro atoms. The minimum Gasteiger partial charge on any atom is -0.310 e. The van der Waals surface area contributed by atoms with Gasteiger partial charge < -0.3 is 5.32 Å². The SMILES string of the molecule is Cc1nn(-c2ccccc2)c2c1[C@H](c1ccncc1)SCC(=O)N2. The van der Waals surface area contributed by atoms with E-state index in [1.807, 2.05) is 54.1 Å². The lowest BCUT2D eigenvalue weighted by Crippen LogP contribution is -2.15. The topological polar surface area (TPSA) is 59.8 Å². The Morgan fingerprint density at radius 2 is 1.92 bits per heavy atom. The molecule has 0 fully saturated rings. The number of para-hydroxylation sites is 1. The maximum atomic E-state index is 12.2. The minimum absolute atomic E-state index is 0.00473. The average molecular weight is 336 g/mol. The molecule has 6 heteroatoms. The Hall–Kier alpha value is -2.60. The van der Waals surface area contributed by atoms with Crippen LogP contribution in [-0.4, -0.2) is 26.4 Å². The first-order valence-electron chi connectivity index (χ1n) is 7.70. The summed E-state index contributed by atoms with van der Waals surface area (Å²) in [5, 5.41) is 7.78. The summed E-state index contributed by atoms with van der Waals surface area (Å²) in [7, 11) is 0. The average Bonchev–Trinajstić information content (AvgIpc) is 2.83. The number of hydrogen-bond donors (Lipinski definition) is 1. The first-order chi connectivity index (χ1) is 11.7. The molecule has 0 radical (unpaired) electrons. The number of pyridine rings is 1. The van der Waals surface area contributed by atoms with Gasteiger partial charge in [-0.1, -0.05) is 18.2 Å². The molecular weight excluding hydrogens is 320 g/mol. The van der Waals surface area contributed by atoms with Crippen molar-refractivity contribution in [2.45, 2.75) is 12.2 Å². The molecule has 3 heterocycles. The molecule has 1 aliphatic heterocycles. The summed E-state index contributed by atoms with van der Waals surface area (Å²) in [6, 6.07) is 13.9. The summed E-state index contributed by atoms with van der Waals surface area (Å²) in [6.07, 6.45) is 3.57. The van der Waals surface area contributed by atoms with Gasteiger partial charge in [-0.2, -0.15) is 5.10 Å². The molecule has 24 heavy (non-hydrogen) atoms. The van der Waals surface area contributed by atoms with E-state index in [9.17, 15) is 4.79 Å². The highest BCUT2D eigenvalue weighted by molar-refractivity contribution is 8.00. The number of fused-ring (bicyclic) bond motifs is 1. The number of carbonyl (C=O) groups is 1. The van der Waals surface area contributed by atoms with Gasteiger partial charge in [0, 0.05) is 18.0 Å². The number of nitrogens with one attached hydrogen (secondary N) is 1. The Morgan fingerprint density at radius 1 is 1.17 bits per heavy atom. The molecule has 3 aromatic rings. The van der Waals surface area contributed by atoms with E-state index in [4.69, 9.17) is 0 Å². The van der Waals surface area contributed by atoms with Crippen molar-refractivity contribution in [3.63, 3.8) is 0 Å². The number of rotatable bonds is 2. The third-order valence-electron chi connectivity index (χ3n) is 4.02. The van der Waals surface area contributed by atoms with Gasteiger partial charge in [-0.25, -0.2) is 4.68 Å². The van der Waals surface area contributed by atoms with Gasteiger partial charge in [0.15, 0.2) is 0 Å². The summed E-state index contributed by atoms with van der Waals surface area (Å²) < 4.78 is 1.82. The minimum atomic E-state index is -0.00473. The Morgan fingerprint density at radius 3 is 2.67 bits per heavy atom. The van der Waals surface area contributed by atoms with Crippen LogP contribution in [0.25, 0.3) is 5.69 Å². The summed E-state index contributed by atoms with van der Waals surface area (Å²) in [4.78, 5) is 16.3. The highest BCUT2D eigenvalue weighted by atomic mass is 32.2. The lowest BCUT2D eigenvalue weighted by molar-refractivity contribution is -0.113. The zero-order valence-corrected chi connectivity index (χ0v) is 14.0. The fraction of sp³-hybridized carbons (Fsp3) is 0.167. The Balaban J connectivity index is 1.90. The second kappa shape index (κ2) is 6.13. The lowest BCUT2D eigenvalue weighted by atomic mass is 10.1. The van der Waals surface area contributed by atoms with Crippen LogP contribution in [0.1, 0.15) is 22.1 Å². The van der Waals surface area contributed by atoms with Crippen LogP contribution in [0.5, 0.6) is 0 Å². The smallest absolute Gasteiger partial charge is 0.235 e. The van der Waals surface area contributed by atoms with Gasteiger partial charge in [-0.15, -0.1) is 11.8 Å². The standard InChI is InChI=1S/C18H16N4OS/c1-12-16-17(13-7-9-19-10-8-13)24-11-15(23)20-18(16)22(21-12)14-5-3-2-4-6-14/h2-10,17H,11H2,1H3,(H,20,23)/t17-/m0/s1. The maximum absolute atomic E-state index is 12.2. The molecule has 1 aliphatic rings. The zero-order chi connectivity index (χ0) is 16.5. The van der Waals surface area contributed by atoms with Gasteiger partial charge in [0.25, 0.3) is 0 Å². The second-order valence-corrected chi connectivity index (χ2v) is 6.71. The highest BCUT2D eigenvalue weighted by Crippen LogP contribution is 2.43. The van der Waals surface area contributed by atoms with E-state index in [2.05, 4.69) is 15.4 Å². The zero-order valence-electron chi connectivity index (χ0n) is 13.1. The molecule has 0 unspecified atom stereocenters. The number of amides is 1. The van der Waals surface area contributed by atoms with Gasteiger partial charge >= 0.3 is 0 Å². The van der Waals surface area contributed by atoms with Crippen LogP contribution in [0.2, 0.25) is 0 Å². The molecule has 1 N–H and O–H groups in total. The van der Waals surface area contributed by atoms with E-state index in [1.165, 1.54) is 0 Å². The predicted octanol–water partition coefficient (Wildman–Crippen LogP) is 3.35. The maximum Gasteiger partial charge on any atom is 0.235 e.